The van der Waals surface area contributed by atoms with E-state index in [0.29, 0.717) is 11.7 Å². The number of hydrogen-bond donors (Lipinski definition) is 1. The first-order valence-electron chi connectivity index (χ1n) is 4.66. The molecule has 0 unspecified atom stereocenters. The Morgan fingerprint density at radius 1 is 1.46 bits per heavy atom. The molecular formula is C9H17N3O. The second kappa shape index (κ2) is 3.87. The Morgan fingerprint density at radius 2 is 2.15 bits per heavy atom. The zero-order valence-electron chi connectivity index (χ0n) is 8.50. The molecule has 0 saturated heterocycles. The fraction of sp³-hybridized carbons (Fsp3) is 0.778. The minimum Gasteiger partial charge on any atom is -0.339 e. The van der Waals surface area contributed by atoms with E-state index in [2.05, 4.69) is 17.1 Å². The van der Waals surface area contributed by atoms with Gasteiger partial charge in [-0.25, -0.2) is 0 Å². The molecular weight excluding hydrogens is 166 g/mol. The van der Waals surface area contributed by atoms with Crippen molar-refractivity contribution in [3.8, 4) is 0 Å². The average molecular weight is 183 g/mol. The van der Waals surface area contributed by atoms with Gasteiger partial charge in [0.25, 0.3) is 0 Å². The van der Waals surface area contributed by atoms with Crippen LogP contribution in [0.5, 0.6) is 0 Å². The van der Waals surface area contributed by atoms with Gasteiger partial charge in [-0.05, 0) is 20.3 Å². The van der Waals surface area contributed by atoms with Gasteiger partial charge in [0.2, 0.25) is 5.89 Å². The second-order valence-electron chi connectivity index (χ2n) is 3.84. The molecule has 4 heteroatoms. The lowest BCUT2D eigenvalue weighted by atomic mass is 10.1. The van der Waals surface area contributed by atoms with Crippen molar-refractivity contribution in [3.63, 3.8) is 0 Å². The highest BCUT2D eigenvalue weighted by atomic mass is 16.5. The molecule has 0 atom stereocenters. The molecule has 0 aliphatic carbocycles. The molecule has 0 radical (unpaired) electrons. The maximum Gasteiger partial charge on any atom is 0.226 e. The number of aryl methyl sites for hydroxylation is 1. The van der Waals surface area contributed by atoms with Crippen molar-refractivity contribution < 1.29 is 4.52 Å². The Bertz CT molecular complexity index is 262. The topological polar surface area (TPSA) is 64.9 Å². The van der Waals surface area contributed by atoms with E-state index in [1.165, 1.54) is 0 Å². The van der Waals surface area contributed by atoms with Crippen LogP contribution in [0.25, 0.3) is 0 Å². The van der Waals surface area contributed by atoms with E-state index in [9.17, 15) is 0 Å². The van der Waals surface area contributed by atoms with Crippen molar-refractivity contribution in [1.82, 2.24) is 10.1 Å². The maximum atomic E-state index is 5.81. The third-order valence-electron chi connectivity index (χ3n) is 1.79. The minimum atomic E-state index is -0.506. The van der Waals surface area contributed by atoms with Crippen molar-refractivity contribution in [2.45, 2.75) is 45.6 Å². The lowest BCUT2D eigenvalue weighted by molar-refractivity contribution is 0.358. The van der Waals surface area contributed by atoms with Gasteiger partial charge in [0.15, 0.2) is 5.82 Å². The minimum absolute atomic E-state index is 0.506. The summed E-state index contributed by atoms with van der Waals surface area (Å²) >= 11 is 0. The van der Waals surface area contributed by atoms with Crippen molar-refractivity contribution in [3.05, 3.63) is 11.7 Å². The average Bonchev–Trinajstić information content (AvgIpc) is 2.47. The zero-order chi connectivity index (χ0) is 9.90. The number of nitrogens with two attached hydrogens (primary N) is 1. The first kappa shape index (κ1) is 10.2. The van der Waals surface area contributed by atoms with E-state index in [4.69, 9.17) is 10.3 Å². The Hall–Kier alpha value is -0.900. The Kier molecular flexibility index (Phi) is 3.03. The fourth-order valence-corrected chi connectivity index (χ4v) is 0.946. The number of rotatable bonds is 4. The van der Waals surface area contributed by atoms with E-state index >= 15 is 0 Å². The van der Waals surface area contributed by atoms with Crippen LogP contribution in [0.15, 0.2) is 4.52 Å². The van der Waals surface area contributed by atoms with Crippen LogP contribution in [0.4, 0.5) is 0 Å². The van der Waals surface area contributed by atoms with Crippen LogP contribution in [0, 0.1) is 0 Å². The number of aromatic nitrogens is 2. The van der Waals surface area contributed by atoms with Gasteiger partial charge in [-0.2, -0.15) is 4.98 Å². The fourth-order valence-electron chi connectivity index (χ4n) is 0.946. The zero-order valence-corrected chi connectivity index (χ0v) is 8.50. The van der Waals surface area contributed by atoms with Gasteiger partial charge in [0.1, 0.15) is 0 Å². The SMILES string of the molecule is CCCCc1nc(C(C)(C)N)no1. The van der Waals surface area contributed by atoms with Crippen molar-refractivity contribution in [1.29, 1.82) is 0 Å². The first-order valence-corrected chi connectivity index (χ1v) is 4.66. The summed E-state index contributed by atoms with van der Waals surface area (Å²) in [6.07, 6.45) is 3.05. The smallest absolute Gasteiger partial charge is 0.226 e. The van der Waals surface area contributed by atoms with Gasteiger partial charge in [0.05, 0.1) is 5.54 Å². The summed E-state index contributed by atoms with van der Waals surface area (Å²) < 4.78 is 5.05. The number of unbranched alkanes of at least 4 members (excludes halogenated alkanes) is 1. The molecule has 13 heavy (non-hydrogen) atoms. The van der Waals surface area contributed by atoms with Crippen LogP contribution >= 0.6 is 0 Å². The van der Waals surface area contributed by atoms with Gasteiger partial charge in [-0.1, -0.05) is 18.5 Å². The van der Waals surface area contributed by atoms with Crippen molar-refractivity contribution in [2.75, 3.05) is 0 Å². The van der Waals surface area contributed by atoms with Crippen LogP contribution in [0.3, 0.4) is 0 Å². The summed E-state index contributed by atoms with van der Waals surface area (Å²) in [5, 5.41) is 3.83. The Morgan fingerprint density at radius 3 is 2.62 bits per heavy atom. The summed E-state index contributed by atoms with van der Waals surface area (Å²) in [5.41, 5.74) is 5.31. The highest BCUT2D eigenvalue weighted by Gasteiger charge is 2.20. The molecule has 74 valence electrons. The van der Waals surface area contributed by atoms with E-state index in [0.717, 1.165) is 19.3 Å². The molecule has 4 nitrogen and oxygen atoms in total. The largest absolute Gasteiger partial charge is 0.339 e. The van der Waals surface area contributed by atoms with Gasteiger partial charge in [-0.3, -0.25) is 0 Å². The quantitative estimate of drug-likeness (QED) is 0.770. The van der Waals surface area contributed by atoms with E-state index in [-0.39, 0.29) is 0 Å². The molecule has 0 saturated carbocycles. The van der Waals surface area contributed by atoms with Crippen LogP contribution < -0.4 is 5.73 Å². The summed E-state index contributed by atoms with van der Waals surface area (Å²) in [6.45, 7) is 5.85. The lowest BCUT2D eigenvalue weighted by Crippen LogP contribution is -2.30. The van der Waals surface area contributed by atoms with E-state index in [1.54, 1.807) is 0 Å². The molecule has 0 fully saturated rings. The molecule has 1 aromatic rings. The lowest BCUT2D eigenvalue weighted by Gasteiger charge is -2.11. The van der Waals surface area contributed by atoms with Crippen LogP contribution in [0.2, 0.25) is 0 Å². The standard InChI is InChI=1S/C9H17N3O/c1-4-5-6-7-11-8(12-13-7)9(2,3)10/h4-6,10H2,1-3H3. The van der Waals surface area contributed by atoms with Crippen LogP contribution in [-0.4, -0.2) is 10.1 Å². The summed E-state index contributed by atoms with van der Waals surface area (Å²) in [7, 11) is 0. The van der Waals surface area contributed by atoms with Crippen molar-refractivity contribution >= 4 is 0 Å². The third-order valence-corrected chi connectivity index (χ3v) is 1.79. The van der Waals surface area contributed by atoms with Gasteiger partial charge in [-0.15, -0.1) is 0 Å². The molecule has 1 rings (SSSR count). The predicted molar refractivity (Wildman–Crippen MR) is 50.1 cm³/mol. The summed E-state index contributed by atoms with van der Waals surface area (Å²) in [5.74, 6) is 1.27. The molecule has 0 aliphatic heterocycles. The monoisotopic (exact) mass is 183 g/mol. The number of nitrogens with zero attached hydrogens (tertiary/aromatic N) is 2. The van der Waals surface area contributed by atoms with E-state index in [1.807, 2.05) is 13.8 Å². The summed E-state index contributed by atoms with van der Waals surface area (Å²) in [4.78, 5) is 4.22. The normalized spacial score (nSPS) is 12.0. The molecule has 0 amide bonds. The first-order chi connectivity index (χ1) is 6.04. The molecule has 1 heterocycles. The molecule has 2 N–H and O–H groups in total. The van der Waals surface area contributed by atoms with Crippen LogP contribution in [0.1, 0.15) is 45.3 Å². The molecule has 0 spiro atoms. The van der Waals surface area contributed by atoms with Crippen LogP contribution in [-0.2, 0) is 12.0 Å². The van der Waals surface area contributed by atoms with Gasteiger partial charge < -0.3 is 10.3 Å². The molecule has 0 aliphatic rings. The Labute approximate surface area is 78.5 Å². The van der Waals surface area contributed by atoms with Gasteiger partial charge in [0, 0.05) is 6.42 Å². The second-order valence-corrected chi connectivity index (χ2v) is 3.84. The van der Waals surface area contributed by atoms with Gasteiger partial charge >= 0.3 is 0 Å². The highest BCUT2D eigenvalue weighted by Crippen LogP contribution is 2.13. The highest BCUT2D eigenvalue weighted by molar-refractivity contribution is 4.98. The predicted octanol–water partition coefficient (Wildman–Crippen LogP) is 1.61. The third kappa shape index (κ3) is 2.81. The molecule has 0 bridgehead atoms. The Balaban J connectivity index is 2.64. The number of hydrogen-bond acceptors (Lipinski definition) is 4. The summed E-state index contributed by atoms with van der Waals surface area (Å²) in [6, 6.07) is 0. The molecule has 0 aromatic carbocycles. The van der Waals surface area contributed by atoms with E-state index < -0.39 is 5.54 Å². The molecule has 1 aromatic heterocycles. The maximum absolute atomic E-state index is 5.81. The van der Waals surface area contributed by atoms with Crippen molar-refractivity contribution in [2.24, 2.45) is 5.73 Å².